The van der Waals surface area contributed by atoms with Crippen LogP contribution in [0.5, 0.6) is 5.75 Å². The van der Waals surface area contributed by atoms with Crippen LogP contribution in [-0.2, 0) is 19.6 Å². The van der Waals surface area contributed by atoms with E-state index in [9.17, 15) is 13.2 Å². The molecule has 34 heavy (non-hydrogen) atoms. The Balaban J connectivity index is 1.80. The van der Waals surface area contributed by atoms with E-state index in [0.29, 0.717) is 19.8 Å². The second-order valence-electron chi connectivity index (χ2n) is 7.95. The van der Waals surface area contributed by atoms with E-state index in [4.69, 9.17) is 32.7 Å². The average Bonchev–Trinajstić information content (AvgIpc) is 2.80. The fourth-order valence-corrected chi connectivity index (χ4v) is 5.81. The quantitative estimate of drug-likeness (QED) is 0.475. The summed E-state index contributed by atoms with van der Waals surface area (Å²) >= 11 is 12.3. The molecule has 186 valence electrons. The van der Waals surface area contributed by atoms with Gasteiger partial charge in [0.1, 0.15) is 17.2 Å². The Morgan fingerprint density at radius 3 is 2.47 bits per heavy atom. The number of anilines is 1. The van der Waals surface area contributed by atoms with Gasteiger partial charge in [0.05, 0.1) is 26.0 Å². The minimum atomic E-state index is -4.19. The van der Waals surface area contributed by atoms with Gasteiger partial charge in [-0.15, -0.1) is 0 Å². The van der Waals surface area contributed by atoms with Crippen LogP contribution >= 0.6 is 23.2 Å². The third-order valence-corrected chi connectivity index (χ3v) is 7.62. The van der Waals surface area contributed by atoms with E-state index in [-0.39, 0.29) is 26.4 Å². The predicted molar refractivity (Wildman–Crippen MR) is 134 cm³/mol. The minimum absolute atomic E-state index is 0.0498. The Morgan fingerprint density at radius 2 is 1.82 bits per heavy atom. The number of hydrogen-bond donors (Lipinski definition) is 1. The molecule has 2 aromatic rings. The Labute approximate surface area is 210 Å². The first kappa shape index (κ1) is 26.6. The van der Waals surface area contributed by atoms with Crippen molar-refractivity contribution in [2.75, 3.05) is 57.4 Å². The topological polar surface area (TPSA) is 88.2 Å². The number of halogens is 2. The molecule has 1 saturated heterocycles. The molecule has 1 aliphatic rings. The van der Waals surface area contributed by atoms with Crippen molar-refractivity contribution in [1.82, 2.24) is 10.2 Å². The minimum Gasteiger partial charge on any atom is -0.495 e. The molecule has 11 heteroatoms. The summed E-state index contributed by atoms with van der Waals surface area (Å²) in [6.07, 6.45) is 0.743. The van der Waals surface area contributed by atoms with Gasteiger partial charge in [0.15, 0.2) is 0 Å². The fourth-order valence-electron chi connectivity index (χ4n) is 3.64. The van der Waals surface area contributed by atoms with Crippen LogP contribution in [0.3, 0.4) is 0 Å². The lowest BCUT2D eigenvalue weighted by atomic mass is 10.2. The molecule has 1 N–H and O–H groups in total. The van der Waals surface area contributed by atoms with E-state index in [0.717, 1.165) is 35.9 Å². The van der Waals surface area contributed by atoms with Crippen molar-refractivity contribution in [2.24, 2.45) is 0 Å². The zero-order valence-corrected chi connectivity index (χ0v) is 21.5. The number of nitrogens with zero attached hydrogens (tertiary/aromatic N) is 2. The second-order valence-corrected chi connectivity index (χ2v) is 10.7. The predicted octanol–water partition coefficient (Wildman–Crippen LogP) is 3.34. The van der Waals surface area contributed by atoms with E-state index in [1.807, 2.05) is 0 Å². The number of hydrogen-bond acceptors (Lipinski definition) is 6. The normalized spacial score (nSPS) is 14.6. The molecule has 0 aliphatic carbocycles. The molecule has 1 fully saturated rings. The summed E-state index contributed by atoms with van der Waals surface area (Å²) in [6.45, 7) is 5.76. The van der Waals surface area contributed by atoms with E-state index >= 15 is 0 Å². The van der Waals surface area contributed by atoms with Gasteiger partial charge in [-0.1, -0.05) is 29.3 Å². The molecule has 1 heterocycles. The number of amides is 1. The van der Waals surface area contributed by atoms with Gasteiger partial charge in [-0.05, 0) is 55.8 Å². The lowest BCUT2D eigenvalue weighted by Gasteiger charge is -2.27. The molecule has 0 bridgehead atoms. The number of nitrogens with one attached hydrogen (secondary N) is 1. The standard InChI is InChI=1S/C23H29Cl2N3O5S/c1-17-4-5-21(32-2)22(12-17)34(30,31)28(20-14-18(24)13-19(25)15-20)16-23(29)26-6-3-7-27-8-10-33-11-9-27/h4-5,12-15H,3,6-11,16H2,1-2H3,(H,26,29). The molecule has 0 unspecified atom stereocenters. The van der Waals surface area contributed by atoms with Crippen LogP contribution in [0.1, 0.15) is 12.0 Å². The maximum Gasteiger partial charge on any atom is 0.268 e. The third-order valence-electron chi connectivity index (χ3n) is 5.39. The summed E-state index contributed by atoms with van der Waals surface area (Å²) in [7, 11) is -2.79. The van der Waals surface area contributed by atoms with Crippen LogP contribution in [0.2, 0.25) is 10.0 Å². The largest absolute Gasteiger partial charge is 0.495 e. The van der Waals surface area contributed by atoms with Crippen LogP contribution in [0.25, 0.3) is 0 Å². The van der Waals surface area contributed by atoms with Gasteiger partial charge in [-0.2, -0.15) is 0 Å². The van der Waals surface area contributed by atoms with E-state index in [1.165, 1.54) is 31.4 Å². The molecule has 2 aromatic carbocycles. The van der Waals surface area contributed by atoms with Gasteiger partial charge >= 0.3 is 0 Å². The number of ether oxygens (including phenoxy) is 2. The number of rotatable bonds is 10. The van der Waals surface area contributed by atoms with Gasteiger partial charge < -0.3 is 14.8 Å². The lowest BCUT2D eigenvalue weighted by molar-refractivity contribution is -0.119. The highest BCUT2D eigenvalue weighted by Gasteiger charge is 2.30. The second kappa shape index (κ2) is 12.1. The highest BCUT2D eigenvalue weighted by molar-refractivity contribution is 7.93. The Kier molecular flexibility index (Phi) is 9.44. The molecule has 0 radical (unpaired) electrons. The lowest BCUT2D eigenvalue weighted by Crippen LogP contribution is -2.42. The number of sulfonamides is 1. The number of carbonyl (C=O) groups excluding carboxylic acids is 1. The summed E-state index contributed by atoms with van der Waals surface area (Å²) < 4.78 is 39.1. The summed E-state index contributed by atoms with van der Waals surface area (Å²) in [4.78, 5) is 15.0. The number of carbonyl (C=O) groups is 1. The maximum atomic E-state index is 13.7. The van der Waals surface area contributed by atoms with E-state index in [1.54, 1.807) is 19.1 Å². The van der Waals surface area contributed by atoms with Crippen molar-refractivity contribution in [3.63, 3.8) is 0 Å². The van der Waals surface area contributed by atoms with Crippen LogP contribution in [0, 0.1) is 6.92 Å². The SMILES string of the molecule is COc1ccc(C)cc1S(=O)(=O)N(CC(=O)NCCCN1CCOCC1)c1cc(Cl)cc(Cl)c1. The van der Waals surface area contributed by atoms with Gasteiger partial charge in [-0.3, -0.25) is 14.0 Å². The van der Waals surface area contributed by atoms with E-state index < -0.39 is 22.5 Å². The van der Waals surface area contributed by atoms with E-state index in [2.05, 4.69) is 10.2 Å². The van der Waals surface area contributed by atoms with Crippen LogP contribution in [-0.4, -0.2) is 72.3 Å². The molecule has 0 spiro atoms. The molecular weight excluding hydrogens is 501 g/mol. The smallest absolute Gasteiger partial charge is 0.268 e. The van der Waals surface area contributed by atoms with Gasteiger partial charge in [0.2, 0.25) is 5.91 Å². The van der Waals surface area contributed by atoms with Crippen molar-refractivity contribution in [1.29, 1.82) is 0 Å². The highest BCUT2D eigenvalue weighted by Crippen LogP contribution is 2.33. The highest BCUT2D eigenvalue weighted by atomic mass is 35.5. The van der Waals surface area contributed by atoms with Gasteiger partial charge in [0, 0.05) is 29.7 Å². The molecule has 8 nitrogen and oxygen atoms in total. The van der Waals surface area contributed by atoms with Crippen LogP contribution in [0.15, 0.2) is 41.3 Å². The van der Waals surface area contributed by atoms with Crippen molar-refractivity contribution in [3.05, 3.63) is 52.0 Å². The third kappa shape index (κ3) is 6.99. The molecule has 0 saturated carbocycles. The Bertz CT molecular complexity index is 1090. The van der Waals surface area contributed by atoms with Gasteiger partial charge in [0.25, 0.3) is 10.0 Å². The fraction of sp³-hybridized carbons (Fsp3) is 0.435. The summed E-state index contributed by atoms with van der Waals surface area (Å²) in [6, 6.07) is 9.25. The van der Waals surface area contributed by atoms with Crippen molar-refractivity contribution in [3.8, 4) is 5.75 Å². The Morgan fingerprint density at radius 1 is 1.15 bits per heavy atom. The zero-order valence-electron chi connectivity index (χ0n) is 19.2. The number of benzene rings is 2. The molecule has 1 aliphatic heterocycles. The average molecular weight is 530 g/mol. The summed E-state index contributed by atoms with van der Waals surface area (Å²) in [5.74, 6) is -0.261. The summed E-state index contributed by atoms with van der Waals surface area (Å²) in [5, 5.41) is 3.32. The first-order chi connectivity index (χ1) is 16.2. The van der Waals surface area contributed by atoms with Gasteiger partial charge in [-0.25, -0.2) is 8.42 Å². The molecule has 0 aromatic heterocycles. The number of morpholine rings is 1. The zero-order chi connectivity index (χ0) is 24.7. The van der Waals surface area contributed by atoms with Crippen molar-refractivity contribution < 1.29 is 22.7 Å². The molecular formula is C23H29Cl2N3O5S. The van der Waals surface area contributed by atoms with Crippen molar-refractivity contribution >= 4 is 44.8 Å². The monoisotopic (exact) mass is 529 g/mol. The molecule has 3 rings (SSSR count). The maximum absolute atomic E-state index is 13.7. The Hall–Kier alpha value is -2.04. The number of aryl methyl sites for hydroxylation is 1. The summed E-state index contributed by atoms with van der Waals surface area (Å²) in [5.41, 5.74) is 0.917. The molecule has 0 atom stereocenters. The van der Waals surface area contributed by atoms with Crippen molar-refractivity contribution in [2.45, 2.75) is 18.2 Å². The van der Waals surface area contributed by atoms with Crippen LogP contribution < -0.4 is 14.4 Å². The first-order valence-corrected chi connectivity index (χ1v) is 13.1. The van der Waals surface area contributed by atoms with Crippen LogP contribution in [0.4, 0.5) is 5.69 Å². The number of methoxy groups -OCH3 is 1. The molecule has 1 amide bonds. The first-order valence-electron chi connectivity index (χ1n) is 10.9.